The van der Waals surface area contributed by atoms with Crippen LogP contribution in [0.3, 0.4) is 0 Å². The van der Waals surface area contributed by atoms with Gasteiger partial charge in [0.15, 0.2) is 0 Å². The third-order valence-corrected chi connectivity index (χ3v) is 5.29. The molecule has 0 aromatic rings. The molecule has 1 aliphatic carbocycles. The van der Waals surface area contributed by atoms with Gasteiger partial charge in [-0.1, -0.05) is 0 Å². The van der Waals surface area contributed by atoms with E-state index in [1.54, 1.807) is 0 Å². The van der Waals surface area contributed by atoms with Crippen LogP contribution in [0, 0.1) is 0 Å². The zero-order chi connectivity index (χ0) is 16.6. The van der Waals surface area contributed by atoms with Gasteiger partial charge in [-0.3, -0.25) is 4.90 Å². The molecule has 23 heavy (non-hydrogen) atoms. The van der Waals surface area contributed by atoms with E-state index in [1.807, 2.05) is 25.7 Å². The third kappa shape index (κ3) is 4.38. The highest BCUT2D eigenvalue weighted by Gasteiger charge is 2.39. The summed E-state index contributed by atoms with van der Waals surface area (Å²) in [6.07, 6.45) is 6.01. The average Bonchev–Trinajstić information content (AvgIpc) is 3.05. The van der Waals surface area contributed by atoms with Gasteiger partial charge in [0.1, 0.15) is 5.60 Å². The lowest BCUT2D eigenvalue weighted by molar-refractivity contribution is 0.0225. The van der Waals surface area contributed by atoms with E-state index >= 15 is 0 Å². The van der Waals surface area contributed by atoms with Crippen LogP contribution in [-0.4, -0.2) is 65.3 Å². The fourth-order valence-corrected chi connectivity index (χ4v) is 4.03. The number of likely N-dealkylation sites (tertiary alicyclic amines) is 2. The molecule has 0 spiro atoms. The molecule has 0 aromatic carbocycles. The second-order valence-electron chi connectivity index (χ2n) is 8.59. The molecule has 2 aliphatic heterocycles. The molecule has 3 aliphatic rings. The number of nitrogens with zero attached hydrogens (tertiary/aromatic N) is 2. The van der Waals surface area contributed by atoms with Crippen molar-refractivity contribution in [2.24, 2.45) is 0 Å². The Morgan fingerprint density at radius 1 is 1.26 bits per heavy atom. The molecule has 5 heteroatoms. The lowest BCUT2D eigenvalue weighted by atomic mass is 10.1. The van der Waals surface area contributed by atoms with Crippen molar-refractivity contribution in [3.8, 4) is 0 Å². The summed E-state index contributed by atoms with van der Waals surface area (Å²) in [5.41, 5.74) is -0.413. The van der Waals surface area contributed by atoms with Crippen molar-refractivity contribution in [1.82, 2.24) is 15.1 Å². The van der Waals surface area contributed by atoms with E-state index in [0.717, 1.165) is 32.0 Å². The van der Waals surface area contributed by atoms with Crippen LogP contribution in [0.5, 0.6) is 0 Å². The van der Waals surface area contributed by atoms with Crippen LogP contribution < -0.4 is 5.32 Å². The maximum absolute atomic E-state index is 12.3. The quantitative estimate of drug-likeness (QED) is 0.864. The fourth-order valence-electron chi connectivity index (χ4n) is 4.03. The highest BCUT2D eigenvalue weighted by atomic mass is 16.6. The summed E-state index contributed by atoms with van der Waals surface area (Å²) < 4.78 is 5.55. The van der Waals surface area contributed by atoms with Gasteiger partial charge in [0.25, 0.3) is 0 Å². The van der Waals surface area contributed by atoms with E-state index in [4.69, 9.17) is 4.74 Å². The molecule has 1 amide bonds. The number of ether oxygens (including phenoxy) is 1. The van der Waals surface area contributed by atoms with Gasteiger partial charge in [0.05, 0.1) is 0 Å². The minimum atomic E-state index is -0.413. The lowest BCUT2D eigenvalue weighted by Crippen LogP contribution is -2.46. The van der Waals surface area contributed by atoms with Crippen molar-refractivity contribution in [3.63, 3.8) is 0 Å². The number of hydrogen-bond acceptors (Lipinski definition) is 4. The van der Waals surface area contributed by atoms with Crippen LogP contribution in [0.2, 0.25) is 0 Å². The van der Waals surface area contributed by atoms with Gasteiger partial charge in [-0.25, -0.2) is 4.79 Å². The Hall–Kier alpha value is -0.810. The monoisotopic (exact) mass is 323 g/mol. The molecule has 2 heterocycles. The van der Waals surface area contributed by atoms with E-state index in [0.29, 0.717) is 12.1 Å². The van der Waals surface area contributed by atoms with Crippen molar-refractivity contribution < 1.29 is 9.53 Å². The van der Waals surface area contributed by atoms with Crippen molar-refractivity contribution in [1.29, 1.82) is 0 Å². The lowest BCUT2D eigenvalue weighted by Gasteiger charge is -2.29. The molecule has 0 aromatic heterocycles. The number of nitrogens with one attached hydrogen (secondary N) is 1. The van der Waals surface area contributed by atoms with Crippen molar-refractivity contribution >= 4 is 6.09 Å². The van der Waals surface area contributed by atoms with Gasteiger partial charge in [0.2, 0.25) is 0 Å². The molecule has 3 atom stereocenters. The van der Waals surface area contributed by atoms with Crippen LogP contribution in [0.4, 0.5) is 4.79 Å². The Bertz CT molecular complexity index is 430. The number of carbonyl (C=O) groups is 1. The zero-order valence-corrected chi connectivity index (χ0v) is 15.2. The number of carbonyl (C=O) groups excluding carboxylic acids is 1. The largest absolute Gasteiger partial charge is 0.444 e. The van der Waals surface area contributed by atoms with E-state index in [2.05, 4.69) is 17.1 Å². The topological polar surface area (TPSA) is 44.8 Å². The first-order valence-corrected chi connectivity index (χ1v) is 9.32. The molecule has 3 rings (SSSR count). The van der Waals surface area contributed by atoms with E-state index in [-0.39, 0.29) is 12.1 Å². The van der Waals surface area contributed by atoms with Gasteiger partial charge in [0, 0.05) is 43.8 Å². The van der Waals surface area contributed by atoms with Crippen LogP contribution in [0.25, 0.3) is 0 Å². The Morgan fingerprint density at radius 3 is 2.65 bits per heavy atom. The molecular weight excluding hydrogens is 290 g/mol. The molecule has 3 fully saturated rings. The van der Waals surface area contributed by atoms with Crippen molar-refractivity contribution in [2.75, 3.05) is 19.6 Å². The summed E-state index contributed by atoms with van der Waals surface area (Å²) in [6, 6.07) is 2.41. The summed E-state index contributed by atoms with van der Waals surface area (Å²) in [7, 11) is 0. The summed E-state index contributed by atoms with van der Waals surface area (Å²) in [5.74, 6) is 0. The molecule has 1 N–H and O–H groups in total. The maximum Gasteiger partial charge on any atom is 0.410 e. The predicted molar refractivity (Wildman–Crippen MR) is 91.6 cm³/mol. The SMILES string of the molecule is CC1CC(NCC2CCCN2C(=O)OC(C)(C)C)CN1C1CC1. The van der Waals surface area contributed by atoms with Crippen LogP contribution in [0.1, 0.15) is 59.8 Å². The molecule has 132 valence electrons. The highest BCUT2D eigenvalue weighted by molar-refractivity contribution is 5.69. The summed E-state index contributed by atoms with van der Waals surface area (Å²) in [4.78, 5) is 16.9. The standard InChI is InChI=1S/C18H33N3O2/c1-13-10-14(12-21(13)15-7-8-15)19-11-16-6-5-9-20(16)17(22)23-18(2,3)4/h13-16,19H,5-12H2,1-4H3. The van der Waals surface area contributed by atoms with Gasteiger partial charge in [-0.05, 0) is 59.8 Å². The zero-order valence-electron chi connectivity index (χ0n) is 15.2. The average molecular weight is 323 g/mol. The smallest absolute Gasteiger partial charge is 0.410 e. The summed E-state index contributed by atoms with van der Waals surface area (Å²) >= 11 is 0. The second-order valence-corrected chi connectivity index (χ2v) is 8.59. The van der Waals surface area contributed by atoms with Gasteiger partial charge >= 0.3 is 6.09 Å². The normalized spacial score (nSPS) is 32.5. The first-order chi connectivity index (χ1) is 10.8. The highest BCUT2D eigenvalue weighted by Crippen LogP contribution is 2.33. The van der Waals surface area contributed by atoms with Crippen molar-refractivity contribution in [3.05, 3.63) is 0 Å². The molecule has 2 saturated heterocycles. The molecular formula is C18H33N3O2. The first kappa shape index (κ1) is 17.0. The predicted octanol–water partition coefficient (Wildman–Crippen LogP) is 2.60. The number of hydrogen-bond donors (Lipinski definition) is 1. The first-order valence-electron chi connectivity index (χ1n) is 9.32. The van der Waals surface area contributed by atoms with Crippen LogP contribution in [0.15, 0.2) is 0 Å². The fraction of sp³-hybridized carbons (Fsp3) is 0.944. The number of rotatable bonds is 4. The minimum Gasteiger partial charge on any atom is -0.444 e. The second kappa shape index (κ2) is 6.60. The molecule has 5 nitrogen and oxygen atoms in total. The minimum absolute atomic E-state index is 0.152. The summed E-state index contributed by atoms with van der Waals surface area (Å²) in [5, 5.41) is 3.72. The van der Waals surface area contributed by atoms with E-state index in [1.165, 1.54) is 25.8 Å². The Balaban J connectivity index is 1.46. The summed E-state index contributed by atoms with van der Waals surface area (Å²) in [6.45, 7) is 11.0. The Kier molecular flexibility index (Phi) is 4.88. The third-order valence-electron chi connectivity index (χ3n) is 5.29. The van der Waals surface area contributed by atoms with Gasteiger partial charge < -0.3 is 15.0 Å². The van der Waals surface area contributed by atoms with Crippen molar-refractivity contribution in [2.45, 2.75) is 89.6 Å². The Morgan fingerprint density at radius 2 is 2.00 bits per heavy atom. The van der Waals surface area contributed by atoms with E-state index in [9.17, 15) is 4.79 Å². The molecule has 1 saturated carbocycles. The molecule has 0 radical (unpaired) electrons. The molecule has 0 bridgehead atoms. The van der Waals surface area contributed by atoms with Gasteiger partial charge in [-0.2, -0.15) is 0 Å². The van der Waals surface area contributed by atoms with Gasteiger partial charge in [-0.15, -0.1) is 0 Å². The maximum atomic E-state index is 12.3. The van der Waals surface area contributed by atoms with E-state index < -0.39 is 5.60 Å². The van der Waals surface area contributed by atoms with Crippen LogP contribution >= 0.6 is 0 Å². The van der Waals surface area contributed by atoms with Crippen LogP contribution in [-0.2, 0) is 4.74 Å². The molecule has 3 unspecified atom stereocenters. The number of amides is 1. The Labute approximate surface area is 140 Å².